The first-order chi connectivity index (χ1) is 11.0. The highest BCUT2D eigenvalue weighted by Gasteiger charge is 2.79. The van der Waals surface area contributed by atoms with Crippen LogP contribution in [0.1, 0.15) is 6.42 Å². The molecule has 0 radical (unpaired) electrons. The molecule has 0 saturated heterocycles. The van der Waals surface area contributed by atoms with Gasteiger partial charge in [0.25, 0.3) is 0 Å². The van der Waals surface area contributed by atoms with Gasteiger partial charge >= 0.3 is 0 Å². The van der Waals surface area contributed by atoms with E-state index in [0.717, 1.165) is 0 Å². The zero-order valence-corrected chi connectivity index (χ0v) is 17.5. The number of carbonyl (C=O) groups is 1. The van der Waals surface area contributed by atoms with Gasteiger partial charge in [-0.25, -0.2) is 0 Å². The molecule has 0 aromatic heterocycles. The first-order valence-corrected chi connectivity index (χ1v) is 9.57. The number of carbonyl (C=O) groups excluding carboxylic acids is 1. The second kappa shape index (κ2) is 6.14. The van der Waals surface area contributed by atoms with Crippen LogP contribution in [0.25, 0.3) is 0 Å². The van der Waals surface area contributed by atoms with Gasteiger partial charge in [-0.1, -0.05) is 69.6 Å². The number of allylic oxidation sites excluding steroid dienone is 2. The Morgan fingerprint density at radius 3 is 2.17 bits per heavy atom. The summed E-state index contributed by atoms with van der Waals surface area (Å²) in [6, 6.07) is 4.64. The number of rotatable bonds is 2. The largest absolute Gasteiger partial charge is 0.324 e. The molecule has 2 aliphatic carbocycles. The maximum atomic E-state index is 12.7. The molecule has 1 amide bonds. The van der Waals surface area contributed by atoms with Crippen molar-refractivity contribution in [2.45, 2.75) is 20.5 Å². The topological polar surface area (TPSA) is 29.1 Å². The molecule has 3 unspecified atom stereocenters. The van der Waals surface area contributed by atoms with Crippen LogP contribution in [0, 0.1) is 5.92 Å². The van der Waals surface area contributed by atoms with Crippen LogP contribution in [-0.2, 0) is 4.79 Å². The Bertz CT molecular complexity index is 778. The number of hydrogen-bond acceptors (Lipinski definition) is 1. The van der Waals surface area contributed by atoms with Gasteiger partial charge in [0.05, 0.1) is 26.7 Å². The molecule has 1 aromatic rings. The third kappa shape index (κ3) is 2.42. The predicted molar refractivity (Wildman–Crippen MR) is 104 cm³/mol. The van der Waals surface area contributed by atoms with Crippen molar-refractivity contribution < 1.29 is 4.79 Å². The Kier molecular flexibility index (Phi) is 4.99. The van der Waals surface area contributed by atoms with Crippen LogP contribution >= 0.6 is 92.8 Å². The van der Waals surface area contributed by atoms with E-state index in [0.29, 0.717) is 10.7 Å². The zero-order chi connectivity index (χ0) is 18.1. The highest BCUT2D eigenvalue weighted by Crippen LogP contribution is 2.74. The average molecular weight is 489 g/mol. The first kappa shape index (κ1) is 19.5. The van der Waals surface area contributed by atoms with Crippen molar-refractivity contribution in [1.82, 2.24) is 0 Å². The summed E-state index contributed by atoms with van der Waals surface area (Å²) in [5, 5.41) is 3.40. The van der Waals surface area contributed by atoms with Gasteiger partial charge in [0, 0.05) is 5.02 Å². The number of fused-ring (bicyclic) bond motifs is 2. The number of halogens is 8. The maximum absolute atomic E-state index is 12.7. The summed E-state index contributed by atoms with van der Waals surface area (Å²) in [5.74, 6) is -1.39. The van der Waals surface area contributed by atoms with E-state index in [1.54, 1.807) is 12.1 Å². The second-order valence-corrected chi connectivity index (χ2v) is 9.75. The zero-order valence-electron chi connectivity index (χ0n) is 11.4. The van der Waals surface area contributed by atoms with Crippen LogP contribution < -0.4 is 5.32 Å². The van der Waals surface area contributed by atoms with E-state index in [1.165, 1.54) is 6.07 Å². The second-order valence-electron chi connectivity index (χ2n) is 5.59. The van der Waals surface area contributed by atoms with E-state index in [2.05, 4.69) is 5.32 Å². The Balaban J connectivity index is 1.96. The molecule has 3 atom stereocenters. The van der Waals surface area contributed by atoms with Crippen LogP contribution in [-0.4, -0.2) is 20.0 Å². The van der Waals surface area contributed by atoms with Crippen molar-refractivity contribution in [2.75, 3.05) is 5.32 Å². The van der Waals surface area contributed by atoms with E-state index in [9.17, 15) is 4.79 Å². The van der Waals surface area contributed by atoms with Crippen molar-refractivity contribution >= 4 is 104 Å². The molecule has 130 valence electrons. The van der Waals surface area contributed by atoms with Crippen LogP contribution in [0.2, 0.25) is 10.0 Å². The first-order valence-electron chi connectivity index (χ1n) is 6.54. The Morgan fingerprint density at radius 1 is 1.04 bits per heavy atom. The normalized spacial score (nSPS) is 33.9. The van der Waals surface area contributed by atoms with E-state index in [1.807, 2.05) is 0 Å². The van der Waals surface area contributed by atoms with E-state index in [4.69, 9.17) is 92.8 Å². The Hall–Kier alpha value is 0.750. The number of amides is 1. The van der Waals surface area contributed by atoms with Gasteiger partial charge in [-0.05, 0) is 24.6 Å². The molecule has 1 N–H and O–H groups in total. The lowest BCUT2D eigenvalue weighted by Crippen LogP contribution is -2.46. The third-order valence-electron chi connectivity index (χ3n) is 4.29. The lowest BCUT2D eigenvalue weighted by molar-refractivity contribution is -0.120. The van der Waals surface area contributed by atoms with E-state index < -0.39 is 25.9 Å². The highest BCUT2D eigenvalue weighted by molar-refractivity contribution is 6.66. The lowest BCUT2D eigenvalue weighted by Gasteiger charge is -2.33. The fourth-order valence-corrected chi connectivity index (χ4v) is 6.22. The number of benzene rings is 1. The van der Waals surface area contributed by atoms with Gasteiger partial charge < -0.3 is 5.32 Å². The summed E-state index contributed by atoms with van der Waals surface area (Å²) in [4.78, 5) is 9.66. The van der Waals surface area contributed by atoms with Crippen LogP contribution in [0.4, 0.5) is 5.69 Å². The van der Waals surface area contributed by atoms with Gasteiger partial charge in [-0.2, -0.15) is 0 Å². The number of nitrogens with one attached hydrogen (secondary N) is 1. The molecule has 2 aliphatic rings. The molecule has 0 aliphatic heterocycles. The molecule has 0 spiro atoms. The lowest BCUT2D eigenvalue weighted by atomic mass is 9.91. The van der Waals surface area contributed by atoms with E-state index in [-0.39, 0.29) is 21.5 Å². The van der Waals surface area contributed by atoms with Gasteiger partial charge in [0.1, 0.15) is 9.75 Å². The molecule has 10 heteroatoms. The monoisotopic (exact) mass is 485 g/mol. The Morgan fingerprint density at radius 2 is 1.67 bits per heavy atom. The molecule has 24 heavy (non-hydrogen) atoms. The van der Waals surface area contributed by atoms with Gasteiger partial charge in [0.15, 0.2) is 4.33 Å². The quantitative estimate of drug-likeness (QED) is 0.457. The standard InChI is InChI=1S/C14H7Cl8NO/c15-5-1-2-8(7(16)3-5)23-11(24)6-4-12(19)9(17)10(18)13(6,20)14(12,21)22/h1-3,6H,4H2,(H,23,24). The molecule has 2 bridgehead atoms. The number of anilines is 1. The highest BCUT2D eigenvalue weighted by atomic mass is 35.5. The minimum Gasteiger partial charge on any atom is -0.324 e. The van der Waals surface area contributed by atoms with Crippen LogP contribution in [0.5, 0.6) is 0 Å². The summed E-state index contributed by atoms with van der Waals surface area (Å²) < 4.78 is -1.75. The van der Waals surface area contributed by atoms with Gasteiger partial charge in [0.2, 0.25) is 5.91 Å². The SMILES string of the molecule is O=C(Nc1ccc(Cl)cc1Cl)C1CC2(Cl)C(Cl)=C(Cl)C1(Cl)C2(Cl)Cl. The van der Waals surface area contributed by atoms with Gasteiger partial charge in [-0.15, -0.1) is 23.2 Å². The van der Waals surface area contributed by atoms with Crippen LogP contribution in [0.15, 0.2) is 28.3 Å². The summed E-state index contributed by atoms with van der Waals surface area (Å²) in [6.07, 6.45) is 0.0250. The van der Waals surface area contributed by atoms with Crippen molar-refractivity contribution in [3.8, 4) is 0 Å². The maximum Gasteiger partial charge on any atom is 0.229 e. The predicted octanol–water partition coefficient (Wildman–Crippen LogP) is 6.78. The van der Waals surface area contributed by atoms with E-state index >= 15 is 0 Å². The minimum atomic E-state index is -1.75. The number of alkyl halides is 4. The molecule has 0 heterocycles. The Labute approximate surface area is 178 Å². The fourth-order valence-electron chi connectivity index (χ4n) is 2.99. The van der Waals surface area contributed by atoms with Crippen molar-refractivity contribution in [3.63, 3.8) is 0 Å². The fraction of sp³-hybridized carbons (Fsp3) is 0.357. The van der Waals surface area contributed by atoms with Crippen LogP contribution in [0.3, 0.4) is 0 Å². The van der Waals surface area contributed by atoms with Crippen molar-refractivity contribution in [2.24, 2.45) is 5.92 Å². The summed E-state index contributed by atoms with van der Waals surface area (Å²) in [5.41, 5.74) is 0.360. The smallest absolute Gasteiger partial charge is 0.229 e. The van der Waals surface area contributed by atoms with Gasteiger partial charge in [-0.3, -0.25) is 4.79 Å². The molecular formula is C14H7Cl8NO. The summed E-state index contributed by atoms with van der Waals surface area (Å²) in [6.45, 7) is 0. The molecule has 3 rings (SSSR count). The number of hydrogen-bond donors (Lipinski definition) is 1. The average Bonchev–Trinajstić information content (AvgIpc) is 2.72. The van der Waals surface area contributed by atoms with Crippen molar-refractivity contribution in [3.05, 3.63) is 38.3 Å². The molecule has 1 saturated carbocycles. The third-order valence-corrected chi connectivity index (χ3v) is 9.11. The minimum absolute atomic E-state index is 0.0250. The van der Waals surface area contributed by atoms with Crippen molar-refractivity contribution in [1.29, 1.82) is 0 Å². The molecule has 1 aromatic carbocycles. The summed E-state index contributed by atoms with van der Waals surface area (Å²) in [7, 11) is 0. The molecular weight excluding hydrogens is 482 g/mol. The summed E-state index contributed by atoms with van der Waals surface area (Å²) >= 11 is 50.0. The molecule has 2 nitrogen and oxygen atoms in total. The molecule has 1 fully saturated rings.